The van der Waals surface area contributed by atoms with E-state index in [-0.39, 0.29) is 12.4 Å². The van der Waals surface area contributed by atoms with Crippen molar-refractivity contribution in [2.75, 3.05) is 13.7 Å². The fourth-order valence-electron chi connectivity index (χ4n) is 3.05. The Kier molecular flexibility index (Phi) is 7.99. The van der Waals surface area contributed by atoms with Gasteiger partial charge in [-0.3, -0.25) is 23.7 Å². The molecule has 4 atom stereocenters. The summed E-state index contributed by atoms with van der Waals surface area (Å²) in [6.07, 6.45) is 3.85. The van der Waals surface area contributed by atoms with E-state index in [9.17, 15) is 18.9 Å². The summed E-state index contributed by atoms with van der Waals surface area (Å²) in [5.41, 5.74) is -1.86. The van der Waals surface area contributed by atoms with Crippen LogP contribution in [0.5, 0.6) is 5.75 Å². The predicted octanol–water partition coefficient (Wildman–Crippen LogP) is 2.81. The van der Waals surface area contributed by atoms with E-state index in [0.29, 0.717) is 5.56 Å². The second-order valence-electron chi connectivity index (χ2n) is 7.85. The summed E-state index contributed by atoms with van der Waals surface area (Å²) >= 11 is 3.31. The highest BCUT2D eigenvalue weighted by Gasteiger charge is 2.38. The van der Waals surface area contributed by atoms with Crippen LogP contribution >= 0.6 is 23.7 Å². The van der Waals surface area contributed by atoms with Gasteiger partial charge in [0.2, 0.25) is 0 Å². The molecule has 13 heteroatoms. The number of rotatable bonds is 9. The van der Waals surface area contributed by atoms with Gasteiger partial charge in [-0.15, -0.1) is 0 Å². The number of halogens is 1. The van der Waals surface area contributed by atoms with Gasteiger partial charge in [0, 0.05) is 16.2 Å². The Hall–Kier alpha value is -2.50. The molecule has 0 saturated carbocycles. The summed E-state index contributed by atoms with van der Waals surface area (Å²) in [5.74, 6) is -0.406. The van der Waals surface area contributed by atoms with Crippen LogP contribution in [0.4, 0.5) is 0 Å². The number of aromatic amines is 1. The van der Waals surface area contributed by atoms with E-state index in [1.165, 1.54) is 24.8 Å². The quantitative estimate of drug-likeness (QED) is 0.270. The highest BCUT2D eigenvalue weighted by atomic mass is 79.9. The lowest BCUT2D eigenvalue weighted by atomic mass is 10.1. The fourth-order valence-corrected chi connectivity index (χ4v) is 4.90. The van der Waals surface area contributed by atoms with Crippen molar-refractivity contribution < 1.29 is 27.9 Å². The maximum Gasteiger partial charge on any atom is 0.459 e. The summed E-state index contributed by atoms with van der Waals surface area (Å²) in [6.45, 7) is 4.45. The average Bonchev–Trinajstić information content (AvgIpc) is 3.18. The minimum atomic E-state index is -4.09. The zero-order chi connectivity index (χ0) is 25.1. The monoisotopic (exact) mass is 557 g/mol. The van der Waals surface area contributed by atoms with Gasteiger partial charge >= 0.3 is 19.4 Å². The Morgan fingerprint density at radius 3 is 2.68 bits per heavy atom. The van der Waals surface area contributed by atoms with Gasteiger partial charge in [0.1, 0.15) is 17.4 Å². The third kappa shape index (κ3) is 6.34. The van der Waals surface area contributed by atoms with Crippen molar-refractivity contribution >= 4 is 29.6 Å². The zero-order valence-electron chi connectivity index (χ0n) is 18.9. The number of aryl methyl sites for hydroxylation is 1. The molecule has 0 amide bonds. The average molecular weight is 558 g/mol. The largest absolute Gasteiger partial charge is 0.468 e. The van der Waals surface area contributed by atoms with Gasteiger partial charge in [0.25, 0.3) is 5.56 Å². The van der Waals surface area contributed by atoms with Gasteiger partial charge in [-0.05, 0) is 51.1 Å². The van der Waals surface area contributed by atoms with Crippen molar-refractivity contribution in [3.05, 3.63) is 73.5 Å². The molecule has 0 bridgehead atoms. The molecule has 1 unspecified atom stereocenters. The first kappa shape index (κ1) is 26.1. The number of ether oxygens (including phenoxy) is 2. The van der Waals surface area contributed by atoms with Crippen molar-refractivity contribution in [1.82, 2.24) is 14.6 Å². The predicted molar refractivity (Wildman–Crippen MR) is 127 cm³/mol. The topological polar surface area (TPSA) is 138 Å². The Morgan fingerprint density at radius 1 is 1.35 bits per heavy atom. The molecular weight excluding hydrogens is 533 g/mol. The Balaban J connectivity index is 1.77. The molecule has 184 valence electrons. The lowest BCUT2D eigenvalue weighted by Crippen LogP contribution is -2.38. The Bertz CT molecular complexity index is 1240. The van der Waals surface area contributed by atoms with Crippen molar-refractivity contribution in [1.29, 1.82) is 0 Å². The lowest BCUT2D eigenvalue weighted by molar-refractivity contribution is -0.142. The highest BCUT2D eigenvalue weighted by Crippen LogP contribution is 2.46. The van der Waals surface area contributed by atoms with Crippen LogP contribution in [0.2, 0.25) is 0 Å². The number of aromatic nitrogens is 2. The van der Waals surface area contributed by atoms with Crippen molar-refractivity contribution in [2.45, 2.75) is 38.6 Å². The molecule has 1 aliphatic rings. The van der Waals surface area contributed by atoms with Gasteiger partial charge < -0.3 is 14.0 Å². The zero-order valence-corrected chi connectivity index (χ0v) is 21.4. The summed E-state index contributed by atoms with van der Waals surface area (Å²) in [6, 6.07) is 5.57. The summed E-state index contributed by atoms with van der Waals surface area (Å²) in [7, 11) is -2.88. The molecule has 2 aromatic rings. The van der Waals surface area contributed by atoms with Crippen LogP contribution in [-0.4, -0.2) is 40.9 Å². The second kappa shape index (κ2) is 10.4. The minimum Gasteiger partial charge on any atom is -0.468 e. The van der Waals surface area contributed by atoms with E-state index in [0.717, 1.165) is 4.47 Å². The van der Waals surface area contributed by atoms with Crippen LogP contribution in [0.1, 0.15) is 25.6 Å². The van der Waals surface area contributed by atoms with Crippen LogP contribution in [0.15, 0.2) is 56.7 Å². The molecule has 1 aliphatic heterocycles. The first-order chi connectivity index (χ1) is 15.9. The molecule has 11 nitrogen and oxygen atoms in total. The second-order valence-corrected chi connectivity index (χ2v) is 10.5. The van der Waals surface area contributed by atoms with Crippen LogP contribution in [0.25, 0.3) is 0 Å². The Labute approximate surface area is 203 Å². The van der Waals surface area contributed by atoms with Crippen LogP contribution < -0.4 is 20.9 Å². The van der Waals surface area contributed by atoms with Crippen LogP contribution in [0, 0.1) is 6.92 Å². The molecule has 2 N–H and O–H groups in total. The van der Waals surface area contributed by atoms with E-state index in [1.807, 2.05) is 0 Å². The van der Waals surface area contributed by atoms with Crippen LogP contribution in [-0.2, 0) is 23.4 Å². The lowest BCUT2D eigenvalue weighted by Gasteiger charge is -2.28. The van der Waals surface area contributed by atoms with Gasteiger partial charge in [0.15, 0.2) is 6.23 Å². The smallest absolute Gasteiger partial charge is 0.459 e. The number of carbonyl (C=O) groups excluding carboxylic acids is 1. The third-order valence-corrected chi connectivity index (χ3v) is 7.04. The number of H-pyrrole nitrogens is 1. The van der Waals surface area contributed by atoms with E-state index >= 15 is 0 Å². The Morgan fingerprint density at radius 2 is 2.03 bits per heavy atom. The van der Waals surface area contributed by atoms with Gasteiger partial charge in [-0.2, -0.15) is 5.09 Å². The molecule has 0 saturated heterocycles. The normalized spacial score (nSPS) is 22.2. The van der Waals surface area contributed by atoms with Crippen LogP contribution in [0.3, 0.4) is 0 Å². The molecule has 1 aromatic carbocycles. The van der Waals surface area contributed by atoms with E-state index in [1.54, 1.807) is 50.3 Å². The summed E-state index contributed by atoms with van der Waals surface area (Å²) in [5, 5.41) is 2.56. The van der Waals surface area contributed by atoms with E-state index in [4.69, 9.17) is 13.8 Å². The van der Waals surface area contributed by atoms with Gasteiger partial charge in [0.05, 0.1) is 13.7 Å². The molecule has 0 aliphatic carbocycles. The van der Waals surface area contributed by atoms with Gasteiger partial charge in [-0.1, -0.05) is 22.0 Å². The van der Waals surface area contributed by atoms with Crippen molar-refractivity contribution in [2.24, 2.45) is 0 Å². The molecule has 2 heterocycles. The standard InChI is InChI=1S/C21H25BrN3O8P/c1-13-11-25(20(28)23-18(13)26)17-9-10-21(3,32-17)12-31-34(29,24-14(2)19(27)30-4)33-16-7-5-15(22)6-8-16/h5-11,14,17H,12H2,1-4H3,(H,24,29)(H,23,26,28)/t14-,17+,21-,34?/m0/s1. The number of nitrogens with zero attached hydrogens (tertiary/aromatic N) is 1. The third-order valence-electron chi connectivity index (χ3n) is 4.89. The number of hydrogen-bond acceptors (Lipinski definition) is 8. The fraction of sp³-hybridized carbons (Fsp3) is 0.381. The van der Waals surface area contributed by atoms with Crippen molar-refractivity contribution in [3.8, 4) is 5.75 Å². The molecule has 1 aromatic heterocycles. The first-order valence-electron chi connectivity index (χ1n) is 10.2. The molecule has 0 fully saturated rings. The SMILES string of the molecule is COC(=O)[C@H](C)NP(=O)(OC[C@]1(C)C=C[C@H](n2cc(C)c(=O)[nH]c2=O)O1)Oc1ccc(Br)cc1. The maximum atomic E-state index is 13.5. The number of methoxy groups -OCH3 is 1. The molecule has 0 spiro atoms. The maximum absolute atomic E-state index is 13.5. The number of benzene rings is 1. The highest BCUT2D eigenvalue weighted by molar-refractivity contribution is 9.10. The van der Waals surface area contributed by atoms with Gasteiger partial charge in [-0.25, -0.2) is 9.36 Å². The molecular formula is C21H25BrN3O8P. The minimum absolute atomic E-state index is 0.244. The summed E-state index contributed by atoms with van der Waals surface area (Å²) < 4.78 is 37.4. The number of esters is 1. The first-order valence-corrected chi connectivity index (χ1v) is 12.5. The van der Waals surface area contributed by atoms with E-state index in [2.05, 4.69) is 30.7 Å². The molecule has 0 radical (unpaired) electrons. The summed E-state index contributed by atoms with van der Waals surface area (Å²) in [4.78, 5) is 37.9. The molecule has 3 rings (SSSR count). The number of carbonyl (C=O) groups is 1. The number of hydrogen-bond donors (Lipinski definition) is 2. The number of nitrogens with one attached hydrogen (secondary N) is 2. The molecule has 34 heavy (non-hydrogen) atoms. The van der Waals surface area contributed by atoms with E-state index < -0.39 is 42.8 Å². The van der Waals surface area contributed by atoms with Crippen molar-refractivity contribution in [3.63, 3.8) is 0 Å².